The van der Waals surface area contributed by atoms with Crippen LogP contribution in [0.5, 0.6) is 0 Å². The van der Waals surface area contributed by atoms with Crippen LogP contribution in [0.1, 0.15) is 27.8 Å². The van der Waals surface area contributed by atoms with E-state index >= 15 is 4.39 Å². The highest BCUT2D eigenvalue weighted by molar-refractivity contribution is 6.30. The third-order valence-corrected chi connectivity index (χ3v) is 6.19. The van der Waals surface area contributed by atoms with Crippen molar-refractivity contribution in [3.8, 4) is 0 Å². The van der Waals surface area contributed by atoms with Gasteiger partial charge in [0.15, 0.2) is 0 Å². The van der Waals surface area contributed by atoms with E-state index in [4.69, 9.17) is 16.3 Å². The van der Waals surface area contributed by atoms with Crippen molar-refractivity contribution in [3.05, 3.63) is 117 Å². The number of hydrogen-bond acceptors (Lipinski definition) is 1. The second-order valence-corrected chi connectivity index (χ2v) is 8.60. The molecule has 0 atom stereocenters. The van der Waals surface area contributed by atoms with Gasteiger partial charge in [-0.3, -0.25) is 0 Å². The minimum absolute atomic E-state index is 0.291. The minimum Gasteiger partial charge on any atom is -0.380 e. The molecule has 0 aliphatic heterocycles. The predicted octanol–water partition coefficient (Wildman–Crippen LogP) is 7.63. The summed E-state index contributed by atoms with van der Waals surface area (Å²) in [5.41, 5.74) is 4.48. The van der Waals surface area contributed by atoms with Crippen LogP contribution in [-0.2, 0) is 37.0 Å². The number of hydrogen-bond donors (Lipinski definition) is 0. The predicted molar refractivity (Wildman–Crippen MR) is 127 cm³/mol. The van der Waals surface area contributed by atoms with Gasteiger partial charge in [-0.2, -0.15) is 0 Å². The van der Waals surface area contributed by atoms with Crippen molar-refractivity contribution in [2.75, 3.05) is 7.11 Å². The molecule has 0 radical (unpaired) electrons. The van der Waals surface area contributed by atoms with Crippen molar-refractivity contribution >= 4 is 22.4 Å². The lowest BCUT2D eigenvalue weighted by Crippen LogP contribution is -1.98. The Labute approximate surface area is 196 Å². The van der Waals surface area contributed by atoms with Crippen LogP contribution < -0.4 is 0 Å². The van der Waals surface area contributed by atoms with Crippen molar-refractivity contribution in [3.63, 3.8) is 0 Å². The average Bonchev–Trinajstić information content (AvgIpc) is 2.81. The Morgan fingerprint density at radius 3 is 2.09 bits per heavy atom. The van der Waals surface area contributed by atoms with Gasteiger partial charge in [0, 0.05) is 12.5 Å². The summed E-state index contributed by atoms with van der Waals surface area (Å²) in [4.78, 5) is 0. The molecule has 0 aliphatic carbocycles. The van der Waals surface area contributed by atoms with E-state index in [1.165, 1.54) is 17.7 Å². The number of rotatable bonds is 8. The molecule has 33 heavy (non-hydrogen) atoms. The molecular formula is C28H24ClF3O. The lowest BCUT2D eigenvalue weighted by Gasteiger charge is -2.10. The second-order valence-electron chi connectivity index (χ2n) is 8.22. The van der Waals surface area contributed by atoms with Gasteiger partial charge in [-0.25, -0.2) is 13.2 Å². The molecule has 0 aromatic heterocycles. The standard InChI is InChI=1S/C28H24ClF3O/c1-33-17-21-4-2-3-18(13-21)5-6-19-8-12-24-23(14-19)11-10-22(28(24)32)9-7-20-15-25(30)27(29)26(31)16-20/h2-4,8,10-16H,5-7,9,17H2,1H3. The third kappa shape index (κ3) is 5.58. The van der Waals surface area contributed by atoms with Crippen LogP contribution in [0.3, 0.4) is 0 Å². The number of benzene rings is 4. The first kappa shape index (κ1) is 23.3. The fourth-order valence-corrected chi connectivity index (χ4v) is 4.21. The van der Waals surface area contributed by atoms with Crippen molar-refractivity contribution in [2.45, 2.75) is 32.3 Å². The Hall–Kier alpha value is -2.82. The van der Waals surface area contributed by atoms with Gasteiger partial charge in [0.2, 0.25) is 0 Å². The van der Waals surface area contributed by atoms with Gasteiger partial charge in [0.25, 0.3) is 0 Å². The lowest BCUT2D eigenvalue weighted by atomic mass is 9.97. The maximum atomic E-state index is 15.1. The van der Waals surface area contributed by atoms with Gasteiger partial charge >= 0.3 is 0 Å². The molecule has 0 heterocycles. The van der Waals surface area contributed by atoms with E-state index in [1.807, 2.05) is 36.4 Å². The van der Waals surface area contributed by atoms with E-state index in [0.717, 1.165) is 29.4 Å². The Morgan fingerprint density at radius 1 is 0.697 bits per heavy atom. The highest BCUT2D eigenvalue weighted by Crippen LogP contribution is 2.26. The summed E-state index contributed by atoms with van der Waals surface area (Å²) in [5.74, 6) is -1.89. The summed E-state index contributed by atoms with van der Waals surface area (Å²) in [6.45, 7) is 0.591. The summed E-state index contributed by atoms with van der Waals surface area (Å²) < 4.78 is 47.6. The Morgan fingerprint density at radius 2 is 1.36 bits per heavy atom. The van der Waals surface area contributed by atoms with Crippen LogP contribution in [0, 0.1) is 17.5 Å². The van der Waals surface area contributed by atoms with Crippen LogP contribution in [0.25, 0.3) is 10.8 Å². The summed E-state index contributed by atoms with van der Waals surface area (Å²) in [5, 5.41) is 0.867. The van der Waals surface area contributed by atoms with Crippen molar-refractivity contribution < 1.29 is 17.9 Å². The number of fused-ring (bicyclic) bond motifs is 1. The second kappa shape index (κ2) is 10.4. The molecule has 0 unspecified atom stereocenters. The Balaban J connectivity index is 1.46. The van der Waals surface area contributed by atoms with Gasteiger partial charge in [-0.05, 0) is 71.0 Å². The number of halogens is 4. The zero-order valence-electron chi connectivity index (χ0n) is 18.3. The molecule has 0 saturated carbocycles. The molecule has 0 amide bonds. The first-order valence-electron chi connectivity index (χ1n) is 10.8. The van der Waals surface area contributed by atoms with Gasteiger partial charge in [0.1, 0.15) is 22.5 Å². The average molecular weight is 469 g/mol. The highest BCUT2D eigenvalue weighted by Gasteiger charge is 2.12. The van der Waals surface area contributed by atoms with E-state index < -0.39 is 16.7 Å². The fourth-order valence-electron chi connectivity index (χ4n) is 4.10. The summed E-state index contributed by atoms with van der Waals surface area (Å²) in [6.07, 6.45) is 2.39. The molecule has 0 bridgehead atoms. The molecule has 0 saturated heterocycles. The van der Waals surface area contributed by atoms with Crippen LogP contribution in [-0.4, -0.2) is 7.11 Å². The first-order valence-corrected chi connectivity index (χ1v) is 11.2. The fraction of sp³-hybridized carbons (Fsp3) is 0.214. The molecule has 5 heteroatoms. The van der Waals surface area contributed by atoms with E-state index in [2.05, 4.69) is 12.1 Å². The number of aryl methyl sites for hydroxylation is 4. The maximum absolute atomic E-state index is 15.1. The molecule has 170 valence electrons. The first-order chi connectivity index (χ1) is 15.9. The van der Waals surface area contributed by atoms with E-state index in [-0.39, 0.29) is 5.82 Å². The Kier molecular flexibility index (Phi) is 7.36. The van der Waals surface area contributed by atoms with E-state index in [9.17, 15) is 8.78 Å². The van der Waals surface area contributed by atoms with Crippen molar-refractivity contribution in [2.24, 2.45) is 0 Å². The van der Waals surface area contributed by atoms with Crippen LogP contribution >= 0.6 is 11.6 Å². The molecule has 0 aliphatic rings. The summed E-state index contributed by atoms with van der Waals surface area (Å²) >= 11 is 5.53. The minimum atomic E-state index is -0.802. The zero-order valence-corrected chi connectivity index (χ0v) is 19.1. The van der Waals surface area contributed by atoms with Gasteiger partial charge in [-0.15, -0.1) is 0 Å². The molecule has 0 fully saturated rings. The number of ether oxygens (including phenoxy) is 1. The topological polar surface area (TPSA) is 9.23 Å². The third-order valence-electron chi connectivity index (χ3n) is 5.83. The van der Waals surface area contributed by atoms with E-state index in [0.29, 0.717) is 36.0 Å². The van der Waals surface area contributed by atoms with Crippen LogP contribution in [0.15, 0.2) is 66.7 Å². The molecule has 0 spiro atoms. The van der Waals surface area contributed by atoms with Gasteiger partial charge in [0.05, 0.1) is 6.61 Å². The summed E-state index contributed by atoms with van der Waals surface area (Å²) in [7, 11) is 1.68. The molecule has 4 rings (SSSR count). The number of methoxy groups -OCH3 is 1. The van der Waals surface area contributed by atoms with Crippen LogP contribution in [0.4, 0.5) is 13.2 Å². The molecule has 0 N–H and O–H groups in total. The summed E-state index contributed by atoms with van der Waals surface area (Å²) in [6, 6.07) is 20.2. The zero-order chi connectivity index (χ0) is 23.4. The molecule has 1 nitrogen and oxygen atoms in total. The van der Waals surface area contributed by atoms with Crippen LogP contribution in [0.2, 0.25) is 5.02 Å². The van der Waals surface area contributed by atoms with E-state index in [1.54, 1.807) is 13.2 Å². The maximum Gasteiger partial charge on any atom is 0.145 e. The smallest absolute Gasteiger partial charge is 0.145 e. The quantitative estimate of drug-likeness (QED) is 0.241. The Bertz CT molecular complexity index is 1260. The molecule has 4 aromatic rings. The monoisotopic (exact) mass is 468 g/mol. The largest absolute Gasteiger partial charge is 0.380 e. The molecule has 4 aromatic carbocycles. The van der Waals surface area contributed by atoms with Gasteiger partial charge < -0.3 is 4.74 Å². The van der Waals surface area contributed by atoms with Crippen molar-refractivity contribution in [1.29, 1.82) is 0 Å². The van der Waals surface area contributed by atoms with Gasteiger partial charge in [-0.1, -0.05) is 66.2 Å². The highest BCUT2D eigenvalue weighted by atomic mass is 35.5. The van der Waals surface area contributed by atoms with Crippen molar-refractivity contribution in [1.82, 2.24) is 0 Å². The SMILES string of the molecule is COCc1cccc(CCc2ccc3c(F)c(CCc4cc(F)c(Cl)c(F)c4)ccc3c2)c1. The molecular weight excluding hydrogens is 445 g/mol. The lowest BCUT2D eigenvalue weighted by molar-refractivity contribution is 0.185. The normalized spacial score (nSPS) is 11.3.